The molecule has 0 radical (unpaired) electrons. The molecule has 3 aromatic rings. The Morgan fingerprint density at radius 1 is 0.750 bits per heavy atom. The minimum Gasteiger partial charge on any atom is -0.322 e. The second kappa shape index (κ2) is 8.63. The van der Waals surface area contributed by atoms with Crippen molar-refractivity contribution in [2.24, 2.45) is 0 Å². The normalized spacial score (nSPS) is 12.2. The van der Waals surface area contributed by atoms with Crippen LogP contribution in [-0.4, -0.2) is 28.3 Å². The van der Waals surface area contributed by atoms with Crippen LogP contribution in [0.1, 0.15) is 10.4 Å². The van der Waals surface area contributed by atoms with Crippen LogP contribution in [0.3, 0.4) is 0 Å². The van der Waals surface area contributed by atoms with Gasteiger partial charge in [0.25, 0.3) is 25.8 Å². The highest BCUT2D eigenvalue weighted by Crippen LogP contribution is 2.33. The van der Waals surface area contributed by atoms with Crippen molar-refractivity contribution in [3.63, 3.8) is 0 Å². The van der Waals surface area contributed by atoms with Crippen LogP contribution in [0.15, 0.2) is 88.7 Å². The zero-order valence-corrected chi connectivity index (χ0v) is 17.6. The van der Waals surface area contributed by atoms with Gasteiger partial charge in [-0.1, -0.05) is 36.4 Å². The topological polar surface area (TPSA) is 109 Å². The van der Waals surface area contributed by atoms with Crippen molar-refractivity contribution in [2.75, 3.05) is 10.0 Å². The van der Waals surface area contributed by atoms with E-state index < -0.39 is 47.4 Å². The number of amides is 1. The second-order valence-corrected chi connectivity index (χ2v) is 10.0. The number of carbonyl (C=O) groups excluding carboxylic acids is 1. The summed E-state index contributed by atoms with van der Waals surface area (Å²) >= 11 is 0. The minimum absolute atomic E-state index is 0.165. The molecule has 0 fully saturated rings. The number of benzene rings is 3. The van der Waals surface area contributed by atoms with Crippen LogP contribution >= 0.6 is 0 Å². The van der Waals surface area contributed by atoms with Gasteiger partial charge in [-0.3, -0.25) is 9.52 Å². The van der Waals surface area contributed by atoms with E-state index >= 15 is 0 Å². The van der Waals surface area contributed by atoms with Crippen molar-refractivity contribution in [2.45, 2.75) is 15.3 Å². The fourth-order valence-electron chi connectivity index (χ4n) is 2.62. The molecule has 3 rings (SSSR count). The highest BCUT2D eigenvalue weighted by atomic mass is 32.2. The predicted octanol–water partition coefficient (Wildman–Crippen LogP) is 4.03. The Morgan fingerprint density at radius 3 is 1.88 bits per heavy atom. The van der Waals surface area contributed by atoms with Crippen molar-refractivity contribution in [3.8, 4) is 0 Å². The molecule has 0 spiro atoms. The van der Waals surface area contributed by atoms with Gasteiger partial charge in [0.15, 0.2) is 0 Å². The summed E-state index contributed by atoms with van der Waals surface area (Å²) in [5.74, 6) is -1.01. The highest BCUT2D eigenvalue weighted by molar-refractivity contribution is 7.93. The van der Waals surface area contributed by atoms with Crippen molar-refractivity contribution in [3.05, 3.63) is 84.4 Å². The predicted molar refractivity (Wildman–Crippen MR) is 111 cm³/mol. The molecular weight excluding hydrogens is 469 g/mol. The Bertz CT molecular complexity index is 1340. The van der Waals surface area contributed by atoms with Gasteiger partial charge in [0.2, 0.25) is 0 Å². The number of alkyl halides is 3. The molecule has 0 aliphatic carbocycles. The van der Waals surface area contributed by atoms with Gasteiger partial charge in [0.05, 0.1) is 21.0 Å². The van der Waals surface area contributed by atoms with Crippen LogP contribution in [0, 0.1) is 0 Å². The lowest BCUT2D eigenvalue weighted by Gasteiger charge is -2.15. The van der Waals surface area contributed by atoms with Crippen LogP contribution in [0.25, 0.3) is 0 Å². The number of hydrogen-bond donors (Lipinski definition) is 2. The highest BCUT2D eigenvalue weighted by Gasteiger charge is 2.47. The third-order valence-corrected chi connectivity index (χ3v) is 7.05. The van der Waals surface area contributed by atoms with Gasteiger partial charge in [0, 0.05) is 5.69 Å². The number of hydrogen-bond acceptors (Lipinski definition) is 5. The first-order chi connectivity index (χ1) is 14.9. The van der Waals surface area contributed by atoms with Crippen LogP contribution in [-0.2, 0) is 19.9 Å². The molecule has 7 nitrogen and oxygen atoms in total. The van der Waals surface area contributed by atoms with E-state index in [0.29, 0.717) is 12.1 Å². The number of halogens is 3. The van der Waals surface area contributed by atoms with Gasteiger partial charge in [0.1, 0.15) is 0 Å². The molecule has 0 aromatic heterocycles. The van der Waals surface area contributed by atoms with Gasteiger partial charge < -0.3 is 5.32 Å². The van der Waals surface area contributed by atoms with E-state index in [1.54, 1.807) is 24.3 Å². The summed E-state index contributed by atoms with van der Waals surface area (Å²) in [5, 5.41) is 2.39. The fraction of sp³-hybridized carbons (Fsp3) is 0.0500. The fourth-order valence-corrected chi connectivity index (χ4v) is 4.51. The summed E-state index contributed by atoms with van der Waals surface area (Å²) in [6, 6.07) is 16.7. The molecule has 12 heteroatoms. The molecule has 0 unspecified atom stereocenters. The number of para-hydroxylation sites is 1. The third kappa shape index (κ3) is 4.92. The van der Waals surface area contributed by atoms with Crippen LogP contribution in [0.5, 0.6) is 0 Å². The second-order valence-electron chi connectivity index (χ2n) is 6.40. The molecule has 0 heterocycles. The summed E-state index contributed by atoms with van der Waals surface area (Å²) in [7, 11) is -10.00. The molecule has 0 saturated heterocycles. The summed E-state index contributed by atoms with van der Waals surface area (Å²) in [6.07, 6.45) is 0. The Morgan fingerprint density at radius 2 is 1.31 bits per heavy atom. The Kier molecular flexibility index (Phi) is 6.28. The molecule has 0 aliphatic rings. The van der Waals surface area contributed by atoms with Crippen molar-refractivity contribution >= 4 is 37.1 Å². The summed E-state index contributed by atoms with van der Waals surface area (Å²) in [4.78, 5) is 11.4. The first-order valence-electron chi connectivity index (χ1n) is 8.81. The maximum absolute atomic E-state index is 13.0. The molecule has 0 atom stereocenters. The molecule has 3 aromatic carbocycles. The molecule has 168 valence electrons. The first-order valence-corrected chi connectivity index (χ1v) is 11.8. The Hall–Kier alpha value is -3.38. The maximum atomic E-state index is 13.0. The van der Waals surface area contributed by atoms with Crippen LogP contribution in [0.4, 0.5) is 24.5 Å². The smallest absolute Gasteiger partial charge is 0.322 e. The molecule has 32 heavy (non-hydrogen) atoms. The lowest BCUT2D eigenvalue weighted by Crippen LogP contribution is -2.24. The van der Waals surface area contributed by atoms with Gasteiger partial charge in [-0.15, -0.1) is 0 Å². The summed E-state index contributed by atoms with van der Waals surface area (Å²) in [6.45, 7) is 0. The standard InChI is InChI=1S/C20H15F3N2O5S2/c21-20(22,23)31(27,28)16-11-12-18(25-32(29,30)15-9-5-2-6-10-15)17(13-16)19(26)24-14-7-3-1-4-8-14/h1-13,25H,(H,24,26). The van der Waals surface area contributed by atoms with Crippen molar-refractivity contribution in [1.82, 2.24) is 0 Å². The average Bonchev–Trinajstić information content (AvgIpc) is 2.74. The van der Waals surface area contributed by atoms with Crippen molar-refractivity contribution in [1.29, 1.82) is 0 Å². The Balaban J connectivity index is 2.09. The molecular formula is C20H15F3N2O5S2. The van der Waals surface area contributed by atoms with E-state index in [1.807, 2.05) is 0 Å². The van der Waals surface area contributed by atoms with E-state index in [9.17, 15) is 34.8 Å². The van der Waals surface area contributed by atoms with E-state index in [1.165, 1.54) is 36.4 Å². The number of carbonyl (C=O) groups is 1. The SMILES string of the molecule is O=C(Nc1ccccc1)c1cc(S(=O)(=O)C(F)(F)F)ccc1NS(=O)(=O)c1ccccc1. The number of sulfone groups is 1. The molecule has 2 N–H and O–H groups in total. The van der Waals surface area contributed by atoms with Crippen LogP contribution in [0.2, 0.25) is 0 Å². The minimum atomic E-state index is -5.78. The van der Waals surface area contributed by atoms with E-state index in [2.05, 4.69) is 10.0 Å². The lowest BCUT2D eigenvalue weighted by atomic mass is 10.1. The van der Waals surface area contributed by atoms with E-state index in [4.69, 9.17) is 0 Å². The van der Waals surface area contributed by atoms with Gasteiger partial charge in [-0.05, 0) is 42.5 Å². The van der Waals surface area contributed by atoms with Crippen molar-refractivity contribution < 1.29 is 34.8 Å². The number of nitrogens with one attached hydrogen (secondary N) is 2. The molecule has 0 aliphatic heterocycles. The van der Waals surface area contributed by atoms with Gasteiger partial charge in [-0.25, -0.2) is 16.8 Å². The zero-order valence-electron chi connectivity index (χ0n) is 16.0. The molecule has 0 saturated carbocycles. The maximum Gasteiger partial charge on any atom is 0.501 e. The zero-order chi connectivity index (χ0) is 23.6. The molecule has 1 amide bonds. The number of anilines is 2. The first kappa shape index (κ1) is 23.3. The average molecular weight is 484 g/mol. The summed E-state index contributed by atoms with van der Waals surface area (Å²) in [5.41, 5.74) is -6.36. The third-order valence-electron chi connectivity index (χ3n) is 4.18. The number of rotatable bonds is 6. The molecule has 0 bridgehead atoms. The largest absolute Gasteiger partial charge is 0.501 e. The lowest BCUT2D eigenvalue weighted by molar-refractivity contribution is -0.0436. The monoisotopic (exact) mass is 484 g/mol. The van der Waals surface area contributed by atoms with Crippen LogP contribution < -0.4 is 10.0 Å². The van der Waals surface area contributed by atoms with E-state index in [0.717, 1.165) is 6.07 Å². The summed E-state index contributed by atoms with van der Waals surface area (Å²) < 4.78 is 90.0. The quantitative estimate of drug-likeness (QED) is 0.549. The Labute approximate surface area is 181 Å². The van der Waals surface area contributed by atoms with E-state index in [-0.39, 0.29) is 10.6 Å². The van der Waals surface area contributed by atoms with Gasteiger partial charge >= 0.3 is 5.51 Å². The number of sulfonamides is 1. The van der Waals surface area contributed by atoms with Gasteiger partial charge in [-0.2, -0.15) is 13.2 Å².